The van der Waals surface area contributed by atoms with Crippen molar-refractivity contribution in [1.29, 1.82) is 0 Å². The van der Waals surface area contributed by atoms with E-state index in [1.54, 1.807) is 0 Å². The molecule has 2 atom stereocenters. The summed E-state index contributed by atoms with van der Waals surface area (Å²) in [7, 11) is 2.45. The van der Waals surface area contributed by atoms with Crippen molar-refractivity contribution < 1.29 is 23.9 Å². The van der Waals surface area contributed by atoms with Crippen molar-refractivity contribution in [2.75, 3.05) is 14.2 Å². The summed E-state index contributed by atoms with van der Waals surface area (Å²) in [5.74, 6) is -1.77. The van der Waals surface area contributed by atoms with Crippen LogP contribution in [0.5, 0.6) is 0 Å². The fourth-order valence-corrected chi connectivity index (χ4v) is 1.22. The second kappa shape index (κ2) is 7.65. The highest BCUT2D eigenvalue weighted by Gasteiger charge is 2.27. The fraction of sp³-hybridized carbons (Fsp3) is 0.727. The maximum atomic E-state index is 11.5. The molecule has 0 heterocycles. The van der Waals surface area contributed by atoms with Crippen LogP contribution in [0.1, 0.15) is 26.7 Å². The number of nitrogens with one attached hydrogen (secondary N) is 1. The molecule has 0 radical (unpaired) electrons. The molecule has 0 aromatic heterocycles. The molecule has 0 saturated heterocycles. The second-order valence-corrected chi connectivity index (χ2v) is 3.71. The lowest BCUT2D eigenvalue weighted by atomic mass is 9.99. The second-order valence-electron chi connectivity index (χ2n) is 3.71. The van der Waals surface area contributed by atoms with Crippen molar-refractivity contribution in [1.82, 2.24) is 5.32 Å². The van der Waals surface area contributed by atoms with Gasteiger partial charge in [0.05, 0.1) is 14.2 Å². The summed E-state index contributed by atoms with van der Waals surface area (Å²) in [5, 5.41) is 2.47. The first-order valence-electron chi connectivity index (χ1n) is 5.40. The molecule has 1 amide bonds. The number of methoxy groups -OCH3 is 2. The molecule has 6 nitrogen and oxygen atoms in total. The topological polar surface area (TPSA) is 81.7 Å². The summed E-state index contributed by atoms with van der Waals surface area (Å²) in [6.07, 6.45) is 0.304. The highest BCUT2D eigenvalue weighted by molar-refractivity contribution is 5.96. The zero-order valence-corrected chi connectivity index (χ0v) is 10.6. The van der Waals surface area contributed by atoms with Crippen LogP contribution in [0.3, 0.4) is 0 Å². The van der Waals surface area contributed by atoms with Gasteiger partial charge < -0.3 is 14.8 Å². The Labute approximate surface area is 101 Å². The Balaban J connectivity index is 4.48. The van der Waals surface area contributed by atoms with Crippen molar-refractivity contribution in [3.8, 4) is 0 Å². The lowest BCUT2D eigenvalue weighted by molar-refractivity contribution is -0.149. The molecule has 0 fully saturated rings. The van der Waals surface area contributed by atoms with Crippen LogP contribution in [0.4, 0.5) is 0 Å². The van der Waals surface area contributed by atoms with E-state index >= 15 is 0 Å². The molecule has 0 spiro atoms. The number of esters is 2. The van der Waals surface area contributed by atoms with Gasteiger partial charge in [0.15, 0.2) is 0 Å². The molecule has 0 aliphatic rings. The number of amides is 1. The van der Waals surface area contributed by atoms with Gasteiger partial charge in [-0.15, -0.1) is 0 Å². The number of rotatable bonds is 6. The molecular weight excluding hydrogens is 226 g/mol. The largest absolute Gasteiger partial charge is 0.469 e. The van der Waals surface area contributed by atoms with E-state index in [0.717, 1.165) is 0 Å². The Hall–Kier alpha value is -1.59. The van der Waals surface area contributed by atoms with E-state index in [9.17, 15) is 14.4 Å². The van der Waals surface area contributed by atoms with E-state index in [1.807, 2.05) is 13.8 Å². The van der Waals surface area contributed by atoms with Crippen LogP contribution in [-0.4, -0.2) is 38.1 Å². The number of hydrogen-bond acceptors (Lipinski definition) is 5. The summed E-state index contributed by atoms with van der Waals surface area (Å²) in [5.41, 5.74) is 0. The average molecular weight is 245 g/mol. The molecule has 98 valence electrons. The van der Waals surface area contributed by atoms with Crippen molar-refractivity contribution >= 4 is 17.8 Å². The molecule has 0 aliphatic heterocycles. The van der Waals surface area contributed by atoms with E-state index in [2.05, 4.69) is 14.8 Å². The maximum absolute atomic E-state index is 11.5. The zero-order valence-electron chi connectivity index (χ0n) is 10.6. The van der Waals surface area contributed by atoms with E-state index in [-0.39, 0.29) is 5.92 Å². The predicted octanol–water partition coefficient (Wildman–Crippen LogP) is 0.253. The summed E-state index contributed by atoms with van der Waals surface area (Å²) in [6, 6.07) is -0.734. The third-order valence-corrected chi connectivity index (χ3v) is 2.52. The van der Waals surface area contributed by atoms with Gasteiger partial charge >= 0.3 is 11.9 Å². The minimum atomic E-state index is -0.734. The molecule has 0 saturated carbocycles. The van der Waals surface area contributed by atoms with Gasteiger partial charge in [-0.25, -0.2) is 4.79 Å². The first-order valence-corrected chi connectivity index (χ1v) is 5.40. The van der Waals surface area contributed by atoms with Crippen molar-refractivity contribution in [2.24, 2.45) is 5.92 Å². The Morgan fingerprint density at radius 3 is 2.18 bits per heavy atom. The number of carbonyl (C=O) groups excluding carboxylic acids is 3. The zero-order chi connectivity index (χ0) is 13.4. The number of ether oxygens (including phenoxy) is 2. The summed E-state index contributed by atoms with van der Waals surface area (Å²) >= 11 is 0. The minimum absolute atomic E-state index is 0.0657. The van der Waals surface area contributed by atoms with Gasteiger partial charge in [-0.2, -0.15) is 0 Å². The van der Waals surface area contributed by atoms with E-state index in [1.165, 1.54) is 14.2 Å². The van der Waals surface area contributed by atoms with Crippen molar-refractivity contribution in [3.05, 3.63) is 0 Å². The number of hydrogen-bond donors (Lipinski definition) is 1. The standard InChI is InChI=1S/C11H19NO5/c1-5-7(2)10(11(15)17-4)12-8(13)6-9(14)16-3/h7,10H,5-6H2,1-4H3,(H,12,13)/t7-,10-/m0/s1. The Kier molecular flexibility index (Phi) is 6.93. The minimum Gasteiger partial charge on any atom is -0.469 e. The normalized spacial score (nSPS) is 13.4. The van der Waals surface area contributed by atoms with Gasteiger partial charge in [0.2, 0.25) is 5.91 Å². The third-order valence-electron chi connectivity index (χ3n) is 2.52. The first-order chi connectivity index (χ1) is 7.96. The highest BCUT2D eigenvalue weighted by atomic mass is 16.5. The lowest BCUT2D eigenvalue weighted by Gasteiger charge is -2.21. The van der Waals surface area contributed by atoms with Crippen LogP contribution in [0.25, 0.3) is 0 Å². The Bertz CT molecular complexity index is 290. The first kappa shape index (κ1) is 15.4. The van der Waals surface area contributed by atoms with E-state index in [4.69, 9.17) is 0 Å². The van der Waals surface area contributed by atoms with E-state index in [0.29, 0.717) is 6.42 Å². The van der Waals surface area contributed by atoms with Crippen LogP contribution in [0.2, 0.25) is 0 Å². The molecule has 0 rings (SSSR count). The fourth-order valence-electron chi connectivity index (χ4n) is 1.22. The van der Waals surface area contributed by atoms with E-state index < -0.39 is 30.3 Å². The average Bonchev–Trinajstić information content (AvgIpc) is 2.33. The van der Waals surface area contributed by atoms with Crippen LogP contribution < -0.4 is 5.32 Å². The van der Waals surface area contributed by atoms with Crippen LogP contribution in [0.15, 0.2) is 0 Å². The smallest absolute Gasteiger partial charge is 0.328 e. The summed E-state index contributed by atoms with van der Waals surface area (Å²) in [6.45, 7) is 3.72. The van der Waals surface area contributed by atoms with Gasteiger partial charge in [0.1, 0.15) is 12.5 Å². The molecule has 17 heavy (non-hydrogen) atoms. The summed E-state index contributed by atoms with van der Waals surface area (Å²) in [4.78, 5) is 33.8. The monoisotopic (exact) mass is 245 g/mol. The molecule has 0 aromatic rings. The third kappa shape index (κ3) is 5.33. The quantitative estimate of drug-likeness (QED) is 0.536. The van der Waals surface area contributed by atoms with Crippen LogP contribution in [0, 0.1) is 5.92 Å². The highest BCUT2D eigenvalue weighted by Crippen LogP contribution is 2.09. The number of carbonyl (C=O) groups is 3. The van der Waals surface area contributed by atoms with Crippen LogP contribution >= 0.6 is 0 Å². The Morgan fingerprint density at radius 2 is 1.76 bits per heavy atom. The van der Waals surface area contributed by atoms with Gasteiger partial charge in [0, 0.05) is 0 Å². The molecule has 6 heteroatoms. The maximum Gasteiger partial charge on any atom is 0.328 e. The molecule has 0 aromatic carbocycles. The SMILES string of the molecule is CC[C@H](C)[C@H](NC(=O)CC(=O)OC)C(=O)OC. The molecule has 0 bridgehead atoms. The summed E-state index contributed by atoms with van der Waals surface area (Å²) < 4.78 is 8.96. The van der Waals surface area contributed by atoms with Crippen LogP contribution in [-0.2, 0) is 23.9 Å². The van der Waals surface area contributed by atoms with Gasteiger partial charge in [-0.1, -0.05) is 20.3 Å². The van der Waals surface area contributed by atoms with Gasteiger partial charge in [-0.3, -0.25) is 9.59 Å². The van der Waals surface area contributed by atoms with Crippen molar-refractivity contribution in [2.45, 2.75) is 32.7 Å². The lowest BCUT2D eigenvalue weighted by Crippen LogP contribution is -2.46. The molecular formula is C11H19NO5. The molecule has 1 N–H and O–H groups in total. The van der Waals surface area contributed by atoms with Crippen molar-refractivity contribution in [3.63, 3.8) is 0 Å². The van der Waals surface area contributed by atoms with Gasteiger partial charge in [0.25, 0.3) is 0 Å². The predicted molar refractivity (Wildman–Crippen MR) is 60.0 cm³/mol. The Morgan fingerprint density at radius 1 is 1.18 bits per heavy atom. The van der Waals surface area contributed by atoms with Gasteiger partial charge in [-0.05, 0) is 5.92 Å². The molecule has 0 aliphatic carbocycles. The molecule has 0 unspecified atom stereocenters.